The summed E-state index contributed by atoms with van der Waals surface area (Å²) in [6.45, 7) is 4.88. The van der Waals surface area contributed by atoms with Crippen molar-refractivity contribution in [3.05, 3.63) is 0 Å². The molecular weight excluding hydrogens is 212 g/mol. The van der Waals surface area contributed by atoms with E-state index in [2.05, 4.69) is 26.0 Å². The quantitative estimate of drug-likeness (QED) is 0.540. The Bertz CT molecular complexity index is 209. The lowest BCUT2D eigenvalue weighted by Gasteiger charge is -2.24. The van der Waals surface area contributed by atoms with Crippen molar-refractivity contribution in [3.63, 3.8) is 0 Å². The Balaban J connectivity index is 3.77. The minimum absolute atomic E-state index is 0.159. The summed E-state index contributed by atoms with van der Waals surface area (Å²) in [4.78, 5) is 14.3. The van der Waals surface area contributed by atoms with Crippen LogP contribution in [0, 0.1) is 0 Å². The minimum Gasteiger partial charge on any atom is -0.331 e. The van der Waals surface area contributed by atoms with Crippen molar-refractivity contribution in [2.45, 2.75) is 38.6 Å². The number of quaternary nitrogens is 1. The number of ketones is 1. The molecule has 0 spiro atoms. The van der Waals surface area contributed by atoms with Gasteiger partial charge in [0.25, 0.3) is 0 Å². The normalized spacial score (nSPS) is 12.9. The van der Waals surface area contributed by atoms with Crippen LogP contribution in [0.3, 0.4) is 0 Å². The second kappa shape index (κ2) is 5.83. The minimum atomic E-state index is -0.159. The Morgan fingerprint density at radius 3 is 2.20 bits per heavy atom. The van der Waals surface area contributed by atoms with Gasteiger partial charge in [-0.25, -0.2) is 4.84 Å². The maximum absolute atomic E-state index is 11.6. The summed E-state index contributed by atoms with van der Waals surface area (Å²) in [6, 6.07) is 0. The molecule has 4 heteroatoms. The lowest BCUT2D eigenvalue weighted by Crippen LogP contribution is -2.37. The molecule has 0 saturated heterocycles. The summed E-state index contributed by atoms with van der Waals surface area (Å²) in [7, 11) is 6.28. The van der Waals surface area contributed by atoms with Crippen LogP contribution in [0.15, 0.2) is 0 Å². The van der Waals surface area contributed by atoms with Gasteiger partial charge in [-0.2, -0.15) is 0 Å². The van der Waals surface area contributed by atoms with E-state index in [0.29, 0.717) is 18.6 Å². The summed E-state index contributed by atoms with van der Waals surface area (Å²) in [5.74, 6) is 0.322. The highest BCUT2D eigenvalue weighted by atomic mass is 35.5. The largest absolute Gasteiger partial charge is 0.331 e. The first kappa shape index (κ1) is 14.9. The maximum Gasteiger partial charge on any atom is 0.138 e. The van der Waals surface area contributed by atoms with Gasteiger partial charge in [0, 0.05) is 12.0 Å². The van der Waals surface area contributed by atoms with Gasteiger partial charge in [0.05, 0.1) is 34.1 Å². The lowest BCUT2D eigenvalue weighted by atomic mass is 9.97. The fourth-order valence-electron chi connectivity index (χ4n) is 1.08. The molecule has 0 atom stereocenters. The molecule has 0 saturated carbocycles. The first-order valence-corrected chi connectivity index (χ1v) is 5.74. The standard InChI is InChI=1S/C11H24ClN2O/c1-11(2,13-12)8-6-10(15)7-9-14(3,4)5/h13H,6-9H2,1-5H3/q+1. The van der Waals surface area contributed by atoms with Crippen LogP contribution in [0.5, 0.6) is 0 Å². The van der Waals surface area contributed by atoms with Gasteiger partial charge in [-0.1, -0.05) is 0 Å². The molecule has 0 radical (unpaired) electrons. The highest BCUT2D eigenvalue weighted by Gasteiger charge is 2.18. The Morgan fingerprint density at radius 2 is 1.80 bits per heavy atom. The lowest BCUT2D eigenvalue weighted by molar-refractivity contribution is -0.869. The molecule has 0 unspecified atom stereocenters. The Labute approximate surface area is 98.5 Å². The third-order valence-electron chi connectivity index (χ3n) is 2.35. The van der Waals surface area contributed by atoms with E-state index in [0.717, 1.165) is 17.4 Å². The topological polar surface area (TPSA) is 29.1 Å². The SMILES string of the molecule is CC(C)(CCC(=O)CC[N+](C)(C)C)NCl. The van der Waals surface area contributed by atoms with Crippen LogP contribution < -0.4 is 4.84 Å². The molecule has 0 bridgehead atoms. The Kier molecular flexibility index (Phi) is 5.78. The molecule has 0 rings (SSSR count). The maximum atomic E-state index is 11.6. The van der Waals surface area contributed by atoms with E-state index in [1.54, 1.807) is 0 Å². The van der Waals surface area contributed by atoms with Crippen molar-refractivity contribution >= 4 is 17.6 Å². The second-order valence-corrected chi connectivity index (χ2v) is 5.97. The van der Waals surface area contributed by atoms with E-state index in [9.17, 15) is 4.79 Å². The Morgan fingerprint density at radius 1 is 1.27 bits per heavy atom. The van der Waals surface area contributed by atoms with Crippen LogP contribution in [-0.4, -0.2) is 43.5 Å². The molecule has 0 amide bonds. The van der Waals surface area contributed by atoms with Gasteiger partial charge >= 0.3 is 0 Å². The monoisotopic (exact) mass is 235 g/mol. The molecular formula is C11H24ClN2O+. The molecule has 90 valence electrons. The fraction of sp³-hybridized carbons (Fsp3) is 0.909. The molecule has 0 heterocycles. The molecule has 3 nitrogen and oxygen atoms in total. The molecule has 0 aromatic rings. The average molecular weight is 236 g/mol. The van der Waals surface area contributed by atoms with Crippen LogP contribution in [-0.2, 0) is 4.79 Å². The van der Waals surface area contributed by atoms with Gasteiger partial charge in [-0.05, 0) is 32.0 Å². The fourth-order valence-corrected chi connectivity index (χ4v) is 1.18. The van der Waals surface area contributed by atoms with Crippen LogP contribution >= 0.6 is 11.8 Å². The van der Waals surface area contributed by atoms with Crippen molar-refractivity contribution in [1.29, 1.82) is 0 Å². The van der Waals surface area contributed by atoms with Crippen LogP contribution in [0.25, 0.3) is 0 Å². The first-order chi connectivity index (χ1) is 6.66. The van der Waals surface area contributed by atoms with Crippen molar-refractivity contribution in [3.8, 4) is 0 Å². The Hall–Kier alpha value is -0.120. The van der Waals surface area contributed by atoms with Gasteiger partial charge in [0.15, 0.2) is 0 Å². The van der Waals surface area contributed by atoms with Gasteiger partial charge in [-0.3, -0.25) is 4.79 Å². The number of nitrogens with zero attached hydrogens (tertiary/aromatic N) is 1. The summed E-state index contributed by atoms with van der Waals surface area (Å²) < 4.78 is 0.836. The predicted molar refractivity (Wildman–Crippen MR) is 64.8 cm³/mol. The zero-order chi connectivity index (χ0) is 12.1. The number of Topliss-reactive ketones (excluding diaryl/α,β-unsaturated/α-hetero) is 1. The second-order valence-electron chi connectivity index (χ2n) is 5.78. The van der Waals surface area contributed by atoms with Gasteiger partial charge in [-0.15, -0.1) is 0 Å². The van der Waals surface area contributed by atoms with E-state index in [1.807, 2.05) is 13.8 Å². The molecule has 15 heavy (non-hydrogen) atoms. The molecule has 0 aliphatic rings. The summed E-state index contributed by atoms with van der Waals surface area (Å²) >= 11 is 5.56. The molecule has 0 aliphatic heterocycles. The summed E-state index contributed by atoms with van der Waals surface area (Å²) in [5, 5.41) is 0. The third kappa shape index (κ3) is 8.85. The summed E-state index contributed by atoms with van der Waals surface area (Å²) in [5.41, 5.74) is -0.159. The highest BCUT2D eigenvalue weighted by molar-refractivity contribution is 6.13. The molecule has 0 fully saturated rings. The molecule has 0 aromatic carbocycles. The third-order valence-corrected chi connectivity index (χ3v) is 2.86. The predicted octanol–water partition coefficient (Wildman–Crippen LogP) is 1.95. The zero-order valence-electron chi connectivity index (χ0n) is 10.6. The highest BCUT2D eigenvalue weighted by Crippen LogP contribution is 2.13. The smallest absolute Gasteiger partial charge is 0.138 e. The van der Waals surface area contributed by atoms with Gasteiger partial charge in [0.2, 0.25) is 0 Å². The van der Waals surface area contributed by atoms with Crippen molar-refractivity contribution < 1.29 is 9.28 Å². The number of rotatable bonds is 7. The van der Waals surface area contributed by atoms with E-state index in [-0.39, 0.29) is 5.54 Å². The van der Waals surface area contributed by atoms with E-state index < -0.39 is 0 Å². The van der Waals surface area contributed by atoms with E-state index in [1.165, 1.54) is 0 Å². The van der Waals surface area contributed by atoms with Gasteiger partial charge < -0.3 is 4.48 Å². The average Bonchev–Trinajstić information content (AvgIpc) is 2.10. The number of nitrogens with one attached hydrogen (secondary N) is 1. The van der Waals surface area contributed by atoms with E-state index >= 15 is 0 Å². The van der Waals surface area contributed by atoms with Crippen molar-refractivity contribution in [2.24, 2.45) is 0 Å². The van der Waals surface area contributed by atoms with Crippen LogP contribution in [0.4, 0.5) is 0 Å². The molecule has 1 N–H and O–H groups in total. The number of hydrogen-bond acceptors (Lipinski definition) is 2. The number of hydrogen-bond donors (Lipinski definition) is 1. The van der Waals surface area contributed by atoms with Gasteiger partial charge in [0.1, 0.15) is 5.78 Å². The van der Waals surface area contributed by atoms with Crippen LogP contribution in [0.2, 0.25) is 0 Å². The first-order valence-electron chi connectivity index (χ1n) is 5.36. The van der Waals surface area contributed by atoms with E-state index in [4.69, 9.17) is 11.8 Å². The number of carbonyl (C=O) groups excluding carboxylic acids is 1. The molecule has 0 aromatic heterocycles. The summed E-state index contributed by atoms with van der Waals surface area (Å²) in [6.07, 6.45) is 2.04. The zero-order valence-corrected chi connectivity index (χ0v) is 11.3. The van der Waals surface area contributed by atoms with Crippen molar-refractivity contribution in [1.82, 2.24) is 4.84 Å². The van der Waals surface area contributed by atoms with Crippen molar-refractivity contribution in [2.75, 3.05) is 27.7 Å². The molecule has 0 aliphatic carbocycles. The van der Waals surface area contributed by atoms with Crippen LogP contribution in [0.1, 0.15) is 33.1 Å². The number of carbonyl (C=O) groups is 1. The number of halogens is 1.